The Morgan fingerprint density at radius 1 is 1.46 bits per heavy atom. The molecule has 1 fully saturated rings. The zero-order valence-corrected chi connectivity index (χ0v) is 16.6. The number of hydrogen-bond acceptors (Lipinski definition) is 3. The largest absolute Gasteiger partial charge is 0.493 e. The Labute approximate surface area is 161 Å². The number of amides is 1. The van der Waals surface area contributed by atoms with Crippen LogP contribution in [0.4, 0.5) is 0 Å². The molecule has 1 aromatic carbocycles. The number of likely N-dealkylation sites (tertiary alicyclic amines) is 1. The van der Waals surface area contributed by atoms with Crippen molar-refractivity contribution in [3.05, 3.63) is 28.8 Å². The Balaban J connectivity index is 1.65. The lowest BCUT2D eigenvalue weighted by Gasteiger charge is -2.18. The molecule has 26 heavy (non-hydrogen) atoms. The molecule has 1 atom stereocenters. The van der Waals surface area contributed by atoms with E-state index in [1.807, 2.05) is 36.9 Å². The van der Waals surface area contributed by atoms with Crippen molar-refractivity contribution in [1.82, 2.24) is 15.5 Å². The van der Waals surface area contributed by atoms with Gasteiger partial charge in [0.25, 0.3) is 0 Å². The van der Waals surface area contributed by atoms with Crippen LogP contribution < -0.4 is 15.4 Å². The summed E-state index contributed by atoms with van der Waals surface area (Å²) in [4.78, 5) is 17.9. The molecule has 0 bridgehead atoms. The summed E-state index contributed by atoms with van der Waals surface area (Å²) < 4.78 is 5.79. The third-order valence-electron chi connectivity index (χ3n) is 4.42. The maximum atomic E-state index is 11.7. The summed E-state index contributed by atoms with van der Waals surface area (Å²) in [7, 11) is 1.76. The van der Waals surface area contributed by atoms with Crippen LogP contribution in [-0.4, -0.2) is 56.1 Å². The minimum Gasteiger partial charge on any atom is -0.493 e. The third-order valence-corrected chi connectivity index (χ3v) is 4.65. The number of rotatable bonds is 7. The highest BCUT2D eigenvalue weighted by Gasteiger charge is 2.25. The fourth-order valence-corrected chi connectivity index (χ4v) is 3.18. The molecule has 6 nitrogen and oxygen atoms in total. The first kappa shape index (κ1) is 20.4. The average Bonchev–Trinajstić information content (AvgIpc) is 3.09. The molecule has 0 saturated carbocycles. The van der Waals surface area contributed by atoms with Crippen LogP contribution in [0.1, 0.15) is 31.7 Å². The molecule has 0 aromatic heterocycles. The lowest BCUT2D eigenvalue weighted by molar-refractivity contribution is -0.129. The molecule has 2 rings (SSSR count). The van der Waals surface area contributed by atoms with E-state index in [4.69, 9.17) is 16.3 Å². The maximum absolute atomic E-state index is 11.7. The van der Waals surface area contributed by atoms with E-state index in [1.165, 1.54) is 0 Å². The van der Waals surface area contributed by atoms with Gasteiger partial charge in [-0.3, -0.25) is 9.79 Å². The molecule has 0 spiro atoms. The Hall–Kier alpha value is -1.95. The second kappa shape index (κ2) is 10.3. The minimum atomic E-state index is 0.215. The molecule has 1 unspecified atom stereocenters. The van der Waals surface area contributed by atoms with Gasteiger partial charge < -0.3 is 20.3 Å². The van der Waals surface area contributed by atoms with E-state index in [0.717, 1.165) is 54.8 Å². The highest BCUT2D eigenvalue weighted by molar-refractivity contribution is 6.30. The predicted octanol–water partition coefficient (Wildman–Crippen LogP) is 2.59. The normalized spacial score (nSPS) is 17.3. The van der Waals surface area contributed by atoms with Crippen LogP contribution in [0.25, 0.3) is 0 Å². The molecular formula is C19H29ClN4O2. The Morgan fingerprint density at radius 2 is 2.27 bits per heavy atom. The van der Waals surface area contributed by atoms with Crippen molar-refractivity contribution in [3.63, 3.8) is 0 Å². The second-order valence-corrected chi connectivity index (χ2v) is 6.87. The van der Waals surface area contributed by atoms with E-state index in [0.29, 0.717) is 13.0 Å². The number of halogens is 1. The van der Waals surface area contributed by atoms with Crippen LogP contribution >= 0.6 is 11.6 Å². The molecule has 2 N–H and O–H groups in total. The molecular weight excluding hydrogens is 352 g/mol. The summed E-state index contributed by atoms with van der Waals surface area (Å²) in [6, 6.07) is 5.89. The molecule has 1 amide bonds. The fraction of sp³-hybridized carbons (Fsp3) is 0.579. The maximum Gasteiger partial charge on any atom is 0.222 e. The van der Waals surface area contributed by atoms with Gasteiger partial charge in [0.1, 0.15) is 5.75 Å². The number of carbonyl (C=O) groups excluding carboxylic acids is 1. The number of carbonyl (C=O) groups is 1. The van der Waals surface area contributed by atoms with E-state index < -0.39 is 0 Å². The standard InChI is InChI=1S/C19H29ClN4O2/c1-4-18(25)24-10-8-16(13-24)23-19(21-3)22-9-5-11-26-17-7-6-15(20)12-14(17)2/h6-7,12,16H,4-5,8-11,13H2,1-3H3,(H2,21,22,23). The minimum absolute atomic E-state index is 0.215. The Kier molecular flexibility index (Phi) is 8.04. The summed E-state index contributed by atoms with van der Waals surface area (Å²) in [5.74, 6) is 1.85. The molecule has 144 valence electrons. The van der Waals surface area contributed by atoms with E-state index in [-0.39, 0.29) is 11.9 Å². The lowest BCUT2D eigenvalue weighted by Crippen LogP contribution is -2.45. The summed E-state index contributed by atoms with van der Waals surface area (Å²) in [5.41, 5.74) is 1.04. The quantitative estimate of drug-likeness (QED) is 0.433. The van der Waals surface area contributed by atoms with E-state index in [2.05, 4.69) is 15.6 Å². The van der Waals surface area contributed by atoms with Gasteiger partial charge in [-0.25, -0.2) is 0 Å². The van der Waals surface area contributed by atoms with E-state index >= 15 is 0 Å². The van der Waals surface area contributed by atoms with Crippen LogP contribution in [0.3, 0.4) is 0 Å². The van der Waals surface area contributed by atoms with Crippen molar-refractivity contribution in [2.24, 2.45) is 4.99 Å². The van der Waals surface area contributed by atoms with Gasteiger partial charge in [0.2, 0.25) is 5.91 Å². The second-order valence-electron chi connectivity index (χ2n) is 6.43. The van der Waals surface area contributed by atoms with Gasteiger partial charge in [0.15, 0.2) is 5.96 Å². The van der Waals surface area contributed by atoms with Gasteiger partial charge in [-0.2, -0.15) is 0 Å². The van der Waals surface area contributed by atoms with Crippen LogP contribution in [0.5, 0.6) is 5.75 Å². The molecule has 1 saturated heterocycles. The Morgan fingerprint density at radius 3 is 2.96 bits per heavy atom. The lowest BCUT2D eigenvalue weighted by atomic mass is 10.2. The van der Waals surface area contributed by atoms with Crippen molar-refractivity contribution >= 4 is 23.5 Å². The summed E-state index contributed by atoms with van der Waals surface area (Å²) in [5, 5.41) is 7.41. The number of hydrogen-bond donors (Lipinski definition) is 2. The highest BCUT2D eigenvalue weighted by Crippen LogP contribution is 2.21. The number of benzene rings is 1. The predicted molar refractivity (Wildman–Crippen MR) is 106 cm³/mol. The van der Waals surface area contributed by atoms with Crippen molar-refractivity contribution < 1.29 is 9.53 Å². The van der Waals surface area contributed by atoms with Crippen molar-refractivity contribution in [2.75, 3.05) is 33.3 Å². The average molecular weight is 381 g/mol. The van der Waals surface area contributed by atoms with Gasteiger partial charge in [-0.05, 0) is 43.5 Å². The molecule has 1 aliphatic rings. The zero-order chi connectivity index (χ0) is 18.9. The number of ether oxygens (including phenoxy) is 1. The van der Waals surface area contributed by atoms with E-state index in [1.54, 1.807) is 7.05 Å². The van der Waals surface area contributed by atoms with Crippen molar-refractivity contribution in [3.8, 4) is 5.75 Å². The monoisotopic (exact) mass is 380 g/mol. The number of nitrogens with zero attached hydrogens (tertiary/aromatic N) is 2. The van der Waals surface area contributed by atoms with Gasteiger partial charge >= 0.3 is 0 Å². The Bertz CT molecular complexity index is 636. The molecule has 7 heteroatoms. The van der Waals surface area contributed by atoms with Crippen molar-refractivity contribution in [2.45, 2.75) is 39.2 Å². The SMILES string of the molecule is CCC(=O)N1CCC(NC(=NC)NCCCOc2ccc(Cl)cc2C)C1. The van der Waals surface area contributed by atoms with E-state index in [9.17, 15) is 4.79 Å². The van der Waals surface area contributed by atoms with Crippen LogP contribution in [0.15, 0.2) is 23.2 Å². The summed E-state index contributed by atoms with van der Waals surface area (Å²) >= 11 is 5.95. The first-order chi connectivity index (χ1) is 12.5. The first-order valence-electron chi connectivity index (χ1n) is 9.17. The molecule has 0 aliphatic carbocycles. The van der Waals surface area contributed by atoms with Crippen LogP contribution in [0, 0.1) is 6.92 Å². The van der Waals surface area contributed by atoms with Crippen molar-refractivity contribution in [1.29, 1.82) is 0 Å². The molecule has 1 aliphatic heterocycles. The number of guanidine groups is 1. The smallest absolute Gasteiger partial charge is 0.222 e. The van der Waals surface area contributed by atoms with Gasteiger partial charge in [-0.15, -0.1) is 0 Å². The van der Waals surface area contributed by atoms with Gasteiger partial charge in [0, 0.05) is 44.2 Å². The zero-order valence-electron chi connectivity index (χ0n) is 15.8. The number of aryl methyl sites for hydroxylation is 1. The molecule has 1 heterocycles. The fourth-order valence-electron chi connectivity index (χ4n) is 2.95. The van der Waals surface area contributed by atoms with Crippen LogP contribution in [0.2, 0.25) is 5.02 Å². The van der Waals surface area contributed by atoms with Gasteiger partial charge in [-0.1, -0.05) is 18.5 Å². The summed E-state index contributed by atoms with van der Waals surface area (Å²) in [6.07, 6.45) is 2.37. The van der Waals surface area contributed by atoms with Gasteiger partial charge in [0.05, 0.1) is 6.61 Å². The topological polar surface area (TPSA) is 66.0 Å². The summed E-state index contributed by atoms with van der Waals surface area (Å²) in [6.45, 7) is 6.82. The highest BCUT2D eigenvalue weighted by atomic mass is 35.5. The number of aliphatic imine (C=N–C) groups is 1. The van der Waals surface area contributed by atoms with Crippen LogP contribution in [-0.2, 0) is 4.79 Å². The molecule has 0 radical (unpaired) electrons. The first-order valence-corrected chi connectivity index (χ1v) is 9.55. The molecule has 1 aromatic rings. The number of nitrogens with one attached hydrogen (secondary N) is 2. The third kappa shape index (κ3) is 6.09.